The second-order valence-corrected chi connectivity index (χ2v) is 6.79. The maximum absolute atomic E-state index is 13.2. The number of rotatable bonds is 3. The van der Waals surface area contributed by atoms with Gasteiger partial charge in [0.2, 0.25) is 0 Å². The van der Waals surface area contributed by atoms with Crippen molar-refractivity contribution >= 4 is 11.8 Å². The molecular weight excluding hydrogens is 354 g/mol. The van der Waals surface area contributed by atoms with Crippen molar-refractivity contribution in [2.45, 2.75) is 20.3 Å². The Bertz CT molecular complexity index is 1030. The summed E-state index contributed by atoms with van der Waals surface area (Å²) in [5, 5.41) is 7.42. The minimum atomic E-state index is -0.216. The number of aromatic nitrogens is 3. The molecule has 0 radical (unpaired) electrons. The number of hydrazine groups is 1. The zero-order valence-corrected chi connectivity index (χ0v) is 15.9. The van der Waals surface area contributed by atoms with Crippen LogP contribution in [0.1, 0.15) is 38.4 Å². The molecule has 1 aromatic carbocycles. The lowest BCUT2D eigenvalue weighted by molar-refractivity contribution is 0.0185. The third-order valence-corrected chi connectivity index (χ3v) is 5.01. The van der Waals surface area contributed by atoms with E-state index in [-0.39, 0.29) is 11.8 Å². The maximum atomic E-state index is 13.2. The molecule has 0 bridgehead atoms. The number of carbonyl (C=O) groups is 2. The third kappa shape index (κ3) is 3.05. The molecule has 0 atom stereocenters. The quantitative estimate of drug-likeness (QED) is 0.706. The average molecular weight is 375 g/mol. The van der Waals surface area contributed by atoms with Crippen molar-refractivity contribution in [2.24, 2.45) is 0 Å². The Balaban J connectivity index is 1.62. The van der Waals surface area contributed by atoms with Crippen LogP contribution in [0, 0.1) is 13.8 Å². The van der Waals surface area contributed by atoms with E-state index in [0.717, 1.165) is 23.4 Å². The summed E-state index contributed by atoms with van der Waals surface area (Å²) < 4.78 is 1.74. The van der Waals surface area contributed by atoms with Gasteiger partial charge in [-0.1, -0.05) is 18.2 Å². The first-order valence-corrected chi connectivity index (χ1v) is 9.22. The Kier molecular flexibility index (Phi) is 4.65. The fourth-order valence-electron chi connectivity index (χ4n) is 3.45. The Morgan fingerprint density at radius 1 is 0.893 bits per heavy atom. The molecule has 1 aliphatic rings. The van der Waals surface area contributed by atoms with Gasteiger partial charge < -0.3 is 0 Å². The minimum absolute atomic E-state index is 0.204. The highest BCUT2D eigenvalue weighted by molar-refractivity contribution is 6.00. The van der Waals surface area contributed by atoms with Gasteiger partial charge in [0.25, 0.3) is 11.8 Å². The minimum Gasteiger partial charge on any atom is -0.267 e. The summed E-state index contributed by atoms with van der Waals surface area (Å²) >= 11 is 0. The van der Waals surface area contributed by atoms with Gasteiger partial charge >= 0.3 is 0 Å². The van der Waals surface area contributed by atoms with Gasteiger partial charge in [-0.05, 0) is 44.0 Å². The van der Waals surface area contributed by atoms with Gasteiger partial charge in [0.05, 0.1) is 28.7 Å². The highest BCUT2D eigenvalue weighted by Crippen LogP contribution is 2.22. The summed E-state index contributed by atoms with van der Waals surface area (Å²) in [6, 6.07) is 11.5. The zero-order chi connectivity index (χ0) is 19.7. The SMILES string of the molecule is Cc1ccncc1C(=O)N1CCCN1C(=O)c1cnn(-c2ccccc2)c1C. The molecule has 28 heavy (non-hydrogen) atoms. The van der Waals surface area contributed by atoms with Crippen LogP contribution in [0.4, 0.5) is 0 Å². The van der Waals surface area contributed by atoms with Crippen LogP contribution in [0.15, 0.2) is 55.0 Å². The van der Waals surface area contributed by atoms with Crippen molar-refractivity contribution in [3.63, 3.8) is 0 Å². The highest BCUT2D eigenvalue weighted by atomic mass is 16.2. The van der Waals surface area contributed by atoms with Crippen LogP contribution in [0.5, 0.6) is 0 Å². The van der Waals surface area contributed by atoms with Crippen LogP contribution in [0.3, 0.4) is 0 Å². The lowest BCUT2D eigenvalue weighted by Gasteiger charge is -2.28. The molecule has 0 unspecified atom stereocenters. The first kappa shape index (κ1) is 17.9. The fraction of sp³-hybridized carbons (Fsp3) is 0.238. The molecule has 0 N–H and O–H groups in total. The van der Waals surface area contributed by atoms with Crippen molar-refractivity contribution in [1.29, 1.82) is 0 Å². The largest absolute Gasteiger partial charge is 0.275 e. The van der Waals surface area contributed by atoms with E-state index >= 15 is 0 Å². The molecule has 4 rings (SSSR count). The van der Waals surface area contributed by atoms with E-state index in [1.807, 2.05) is 44.2 Å². The average Bonchev–Trinajstić information content (AvgIpc) is 3.35. The predicted molar refractivity (Wildman–Crippen MR) is 104 cm³/mol. The molecule has 3 aromatic rings. The van der Waals surface area contributed by atoms with Crippen LogP contribution in [-0.4, -0.2) is 49.7 Å². The molecule has 0 aliphatic carbocycles. The molecule has 0 spiro atoms. The molecule has 2 aromatic heterocycles. The highest BCUT2D eigenvalue weighted by Gasteiger charge is 2.34. The molecule has 0 saturated carbocycles. The first-order valence-electron chi connectivity index (χ1n) is 9.22. The van der Waals surface area contributed by atoms with E-state index < -0.39 is 0 Å². The first-order chi connectivity index (χ1) is 13.6. The summed E-state index contributed by atoms with van der Waals surface area (Å²) in [5.41, 5.74) is 3.48. The van der Waals surface area contributed by atoms with Gasteiger partial charge in [-0.3, -0.25) is 14.6 Å². The summed E-state index contributed by atoms with van der Waals surface area (Å²) in [4.78, 5) is 30.3. The number of hydrogen-bond acceptors (Lipinski definition) is 4. The molecule has 2 amide bonds. The molecule has 7 heteroatoms. The predicted octanol–water partition coefficient (Wildman–Crippen LogP) is 2.79. The van der Waals surface area contributed by atoms with Crippen molar-refractivity contribution in [3.8, 4) is 5.69 Å². The molecule has 1 aliphatic heterocycles. The number of pyridine rings is 1. The van der Waals surface area contributed by atoms with Gasteiger partial charge in [-0.15, -0.1) is 0 Å². The second-order valence-electron chi connectivity index (χ2n) is 6.79. The Morgan fingerprint density at radius 3 is 2.25 bits per heavy atom. The number of nitrogens with zero attached hydrogens (tertiary/aromatic N) is 5. The van der Waals surface area contributed by atoms with Crippen molar-refractivity contribution < 1.29 is 9.59 Å². The van der Waals surface area contributed by atoms with Gasteiger partial charge in [-0.2, -0.15) is 5.10 Å². The topological polar surface area (TPSA) is 71.3 Å². The maximum Gasteiger partial charge on any atom is 0.275 e. The van der Waals surface area contributed by atoms with E-state index in [0.29, 0.717) is 24.2 Å². The van der Waals surface area contributed by atoms with Crippen LogP contribution >= 0.6 is 0 Å². The number of hydrogen-bond donors (Lipinski definition) is 0. The second kappa shape index (κ2) is 7.26. The number of carbonyl (C=O) groups excluding carboxylic acids is 2. The molecular formula is C21H21N5O2. The Labute approximate surface area is 163 Å². The fourth-order valence-corrected chi connectivity index (χ4v) is 3.45. The molecule has 7 nitrogen and oxygen atoms in total. The lowest BCUT2D eigenvalue weighted by atomic mass is 10.1. The van der Waals surface area contributed by atoms with E-state index in [1.165, 1.54) is 10.0 Å². The summed E-state index contributed by atoms with van der Waals surface area (Å²) in [6.45, 7) is 4.73. The zero-order valence-electron chi connectivity index (χ0n) is 15.9. The molecule has 3 heterocycles. The number of amides is 2. The van der Waals surface area contributed by atoms with Crippen LogP contribution in [-0.2, 0) is 0 Å². The normalized spacial score (nSPS) is 13.8. The van der Waals surface area contributed by atoms with E-state index in [1.54, 1.807) is 29.3 Å². The monoisotopic (exact) mass is 375 g/mol. The summed E-state index contributed by atoms with van der Waals surface area (Å²) in [7, 11) is 0. The Hall–Kier alpha value is -3.48. The van der Waals surface area contributed by atoms with Gasteiger partial charge in [-0.25, -0.2) is 14.7 Å². The van der Waals surface area contributed by atoms with Crippen LogP contribution in [0.25, 0.3) is 5.69 Å². The van der Waals surface area contributed by atoms with E-state index in [9.17, 15) is 9.59 Å². The summed E-state index contributed by atoms with van der Waals surface area (Å²) in [5.74, 6) is -0.420. The van der Waals surface area contributed by atoms with Crippen molar-refractivity contribution in [1.82, 2.24) is 24.8 Å². The van der Waals surface area contributed by atoms with Crippen molar-refractivity contribution in [2.75, 3.05) is 13.1 Å². The van der Waals surface area contributed by atoms with E-state index in [2.05, 4.69) is 10.1 Å². The van der Waals surface area contributed by atoms with Crippen LogP contribution < -0.4 is 0 Å². The van der Waals surface area contributed by atoms with Gasteiger partial charge in [0, 0.05) is 25.5 Å². The van der Waals surface area contributed by atoms with Crippen LogP contribution in [0.2, 0.25) is 0 Å². The van der Waals surface area contributed by atoms with Gasteiger partial charge in [0.1, 0.15) is 0 Å². The van der Waals surface area contributed by atoms with Crippen molar-refractivity contribution in [3.05, 3.63) is 77.4 Å². The molecule has 142 valence electrons. The van der Waals surface area contributed by atoms with E-state index in [4.69, 9.17) is 0 Å². The molecule has 1 saturated heterocycles. The standard InChI is InChI=1S/C21H21N5O2/c1-15-9-10-22-13-18(15)20(27)24-11-6-12-25(24)21(28)19-14-23-26(16(19)2)17-7-4-3-5-8-17/h3-5,7-10,13-14H,6,11-12H2,1-2H3. The Morgan fingerprint density at radius 2 is 1.57 bits per heavy atom. The lowest BCUT2D eigenvalue weighted by Crippen LogP contribution is -2.45. The number of aryl methyl sites for hydroxylation is 1. The number of para-hydroxylation sites is 1. The smallest absolute Gasteiger partial charge is 0.267 e. The summed E-state index contributed by atoms with van der Waals surface area (Å²) in [6.07, 6.45) is 5.52. The van der Waals surface area contributed by atoms with Gasteiger partial charge in [0.15, 0.2) is 0 Å². The number of benzene rings is 1. The molecule has 1 fully saturated rings. The third-order valence-electron chi connectivity index (χ3n) is 5.01.